The van der Waals surface area contributed by atoms with Gasteiger partial charge in [-0.1, -0.05) is 19.1 Å². The molecule has 0 bridgehead atoms. The lowest BCUT2D eigenvalue weighted by molar-refractivity contribution is -0.142. The predicted molar refractivity (Wildman–Crippen MR) is 138 cm³/mol. The van der Waals surface area contributed by atoms with Crippen molar-refractivity contribution in [3.8, 4) is 5.75 Å². The number of esters is 1. The molecule has 35 heavy (non-hydrogen) atoms. The summed E-state index contributed by atoms with van der Waals surface area (Å²) in [5, 5.41) is 7.52. The standard InChI is InChI=1S/C25H27N3O5S2/c1-4-21(24(31)28-25-27-18(15-34-25)14-22(29)33-5-2)35-20-11-7-9-17(13-20)26-23(30)16-8-6-10-19(12-16)32-3/h6-13,15,21H,4-5,14H2,1-3H3,(H,26,30)(H,27,28,31). The average molecular weight is 514 g/mol. The maximum absolute atomic E-state index is 12.9. The van der Waals surface area contributed by atoms with E-state index in [1.165, 1.54) is 23.1 Å². The van der Waals surface area contributed by atoms with Crippen molar-refractivity contribution in [3.63, 3.8) is 0 Å². The predicted octanol–water partition coefficient (Wildman–Crippen LogP) is 5.02. The number of carbonyl (C=O) groups excluding carboxylic acids is 3. The van der Waals surface area contributed by atoms with Crippen molar-refractivity contribution in [3.05, 3.63) is 65.2 Å². The SMILES string of the molecule is CCOC(=O)Cc1csc(NC(=O)C(CC)Sc2cccc(NC(=O)c3cccc(OC)c3)c2)n1. The second-order valence-corrected chi connectivity index (χ2v) is 9.48. The van der Waals surface area contributed by atoms with Crippen molar-refractivity contribution in [2.45, 2.75) is 36.8 Å². The van der Waals surface area contributed by atoms with Crippen molar-refractivity contribution in [1.82, 2.24) is 4.98 Å². The fourth-order valence-electron chi connectivity index (χ4n) is 3.09. The molecule has 0 aliphatic heterocycles. The van der Waals surface area contributed by atoms with Crippen molar-refractivity contribution < 1.29 is 23.9 Å². The molecule has 3 rings (SSSR count). The third-order valence-electron chi connectivity index (χ3n) is 4.78. The lowest BCUT2D eigenvalue weighted by atomic mass is 10.2. The number of carbonyl (C=O) groups is 3. The second kappa shape index (κ2) is 12.9. The molecule has 1 heterocycles. The second-order valence-electron chi connectivity index (χ2n) is 7.34. The van der Waals surface area contributed by atoms with E-state index in [0.29, 0.717) is 40.9 Å². The van der Waals surface area contributed by atoms with Crippen LogP contribution in [0.1, 0.15) is 36.3 Å². The number of nitrogens with one attached hydrogen (secondary N) is 2. The van der Waals surface area contributed by atoms with Gasteiger partial charge in [-0.2, -0.15) is 0 Å². The summed E-state index contributed by atoms with van der Waals surface area (Å²) in [6.45, 7) is 3.99. The molecule has 0 aliphatic rings. The van der Waals surface area contributed by atoms with Crippen LogP contribution in [0.3, 0.4) is 0 Å². The van der Waals surface area contributed by atoms with Gasteiger partial charge in [0.2, 0.25) is 5.91 Å². The fourth-order valence-corrected chi connectivity index (χ4v) is 4.82. The van der Waals surface area contributed by atoms with Gasteiger partial charge in [-0.15, -0.1) is 23.1 Å². The molecule has 8 nitrogen and oxygen atoms in total. The first-order valence-corrected chi connectivity index (χ1v) is 12.8. The number of thioether (sulfide) groups is 1. The highest BCUT2D eigenvalue weighted by Gasteiger charge is 2.20. The highest BCUT2D eigenvalue weighted by molar-refractivity contribution is 8.00. The Morgan fingerprint density at radius 1 is 1.09 bits per heavy atom. The molecule has 0 spiro atoms. The van der Waals surface area contributed by atoms with E-state index in [4.69, 9.17) is 9.47 Å². The summed E-state index contributed by atoms with van der Waals surface area (Å²) >= 11 is 2.67. The van der Waals surface area contributed by atoms with Gasteiger partial charge in [0.05, 0.1) is 31.1 Å². The zero-order valence-electron chi connectivity index (χ0n) is 19.7. The largest absolute Gasteiger partial charge is 0.497 e. The number of methoxy groups -OCH3 is 1. The molecule has 1 atom stereocenters. The van der Waals surface area contributed by atoms with Crippen LogP contribution in [0, 0.1) is 0 Å². The summed E-state index contributed by atoms with van der Waals surface area (Å²) in [7, 11) is 1.55. The Morgan fingerprint density at radius 3 is 2.63 bits per heavy atom. The van der Waals surface area contributed by atoms with Crippen LogP contribution in [0.25, 0.3) is 0 Å². The first kappa shape index (κ1) is 26.2. The van der Waals surface area contributed by atoms with Crippen LogP contribution in [0.4, 0.5) is 10.8 Å². The van der Waals surface area contributed by atoms with E-state index in [-0.39, 0.29) is 29.5 Å². The van der Waals surface area contributed by atoms with E-state index in [1.807, 2.05) is 25.1 Å². The van der Waals surface area contributed by atoms with Crippen LogP contribution in [0.5, 0.6) is 5.75 Å². The first-order valence-electron chi connectivity index (χ1n) is 11.0. The lowest BCUT2D eigenvalue weighted by Gasteiger charge is -2.14. The molecule has 184 valence electrons. The summed E-state index contributed by atoms with van der Waals surface area (Å²) in [5.41, 5.74) is 1.67. The number of hydrogen-bond donors (Lipinski definition) is 2. The molecule has 2 amide bonds. The molecule has 1 aromatic heterocycles. The van der Waals surface area contributed by atoms with Gasteiger partial charge in [0.15, 0.2) is 5.13 Å². The van der Waals surface area contributed by atoms with Gasteiger partial charge in [0, 0.05) is 21.5 Å². The highest BCUT2D eigenvalue weighted by atomic mass is 32.2. The van der Waals surface area contributed by atoms with Crippen LogP contribution in [-0.4, -0.2) is 41.7 Å². The van der Waals surface area contributed by atoms with E-state index >= 15 is 0 Å². The van der Waals surface area contributed by atoms with Crippen LogP contribution < -0.4 is 15.4 Å². The van der Waals surface area contributed by atoms with Crippen LogP contribution in [-0.2, 0) is 20.7 Å². The number of nitrogens with zero attached hydrogens (tertiary/aromatic N) is 1. The Morgan fingerprint density at radius 2 is 1.89 bits per heavy atom. The third-order valence-corrected chi connectivity index (χ3v) is 6.94. The third kappa shape index (κ3) is 7.83. The Hall–Kier alpha value is -3.37. The molecular formula is C25H27N3O5S2. The molecule has 0 fully saturated rings. The minimum Gasteiger partial charge on any atom is -0.497 e. The number of thiazole rings is 1. The lowest BCUT2D eigenvalue weighted by Crippen LogP contribution is -2.24. The molecule has 0 saturated heterocycles. The molecule has 2 aromatic carbocycles. The Kier molecular flexibility index (Phi) is 9.68. The van der Waals surface area contributed by atoms with Gasteiger partial charge >= 0.3 is 5.97 Å². The fraction of sp³-hybridized carbons (Fsp3) is 0.280. The zero-order chi connectivity index (χ0) is 25.2. The van der Waals surface area contributed by atoms with Crippen molar-refractivity contribution in [2.75, 3.05) is 24.4 Å². The van der Waals surface area contributed by atoms with Gasteiger partial charge < -0.3 is 20.1 Å². The van der Waals surface area contributed by atoms with E-state index in [1.54, 1.807) is 49.7 Å². The first-order chi connectivity index (χ1) is 16.9. The summed E-state index contributed by atoms with van der Waals surface area (Å²) in [5.74, 6) is -0.179. The molecule has 0 radical (unpaired) electrons. The van der Waals surface area contributed by atoms with Crippen LogP contribution in [0.15, 0.2) is 58.8 Å². The number of rotatable bonds is 11. The topological polar surface area (TPSA) is 107 Å². The van der Waals surface area contributed by atoms with Gasteiger partial charge in [-0.3, -0.25) is 14.4 Å². The van der Waals surface area contributed by atoms with Crippen molar-refractivity contribution in [2.24, 2.45) is 0 Å². The maximum atomic E-state index is 12.9. The summed E-state index contributed by atoms with van der Waals surface area (Å²) < 4.78 is 10.1. The molecule has 10 heteroatoms. The van der Waals surface area contributed by atoms with Crippen LogP contribution >= 0.6 is 23.1 Å². The minimum absolute atomic E-state index is 0.0699. The average Bonchev–Trinajstić information content (AvgIpc) is 3.29. The smallest absolute Gasteiger partial charge is 0.311 e. The van der Waals surface area contributed by atoms with Crippen LogP contribution in [0.2, 0.25) is 0 Å². The van der Waals surface area contributed by atoms with Gasteiger partial charge in [0.1, 0.15) is 5.75 Å². The Bertz CT molecular complexity index is 1180. The Balaban J connectivity index is 1.60. The van der Waals surface area contributed by atoms with Gasteiger partial charge in [-0.25, -0.2) is 4.98 Å². The van der Waals surface area contributed by atoms with Crippen molar-refractivity contribution >= 4 is 51.7 Å². The number of amides is 2. The molecule has 1 unspecified atom stereocenters. The normalized spacial score (nSPS) is 11.4. The highest BCUT2D eigenvalue weighted by Crippen LogP contribution is 2.29. The number of hydrogen-bond acceptors (Lipinski definition) is 8. The Labute approximate surface area is 212 Å². The van der Waals surface area contributed by atoms with Gasteiger partial charge in [-0.05, 0) is 49.7 Å². The monoisotopic (exact) mass is 513 g/mol. The number of ether oxygens (including phenoxy) is 2. The van der Waals surface area contributed by atoms with E-state index in [2.05, 4.69) is 15.6 Å². The maximum Gasteiger partial charge on any atom is 0.311 e. The quantitative estimate of drug-likeness (QED) is 0.274. The summed E-state index contributed by atoms with van der Waals surface area (Å²) in [6.07, 6.45) is 0.665. The van der Waals surface area contributed by atoms with E-state index in [0.717, 1.165) is 4.90 Å². The number of anilines is 2. The minimum atomic E-state index is -0.364. The molecule has 2 N–H and O–H groups in total. The van der Waals surface area contributed by atoms with Crippen molar-refractivity contribution in [1.29, 1.82) is 0 Å². The zero-order valence-corrected chi connectivity index (χ0v) is 21.3. The van der Waals surface area contributed by atoms with E-state index in [9.17, 15) is 14.4 Å². The molecular weight excluding hydrogens is 486 g/mol. The summed E-state index contributed by atoms with van der Waals surface area (Å²) in [6, 6.07) is 14.3. The number of benzene rings is 2. The van der Waals surface area contributed by atoms with Gasteiger partial charge in [0.25, 0.3) is 5.91 Å². The molecule has 3 aromatic rings. The molecule has 0 saturated carbocycles. The van der Waals surface area contributed by atoms with E-state index < -0.39 is 0 Å². The molecule has 0 aliphatic carbocycles. The number of aromatic nitrogens is 1. The summed E-state index contributed by atoms with van der Waals surface area (Å²) in [4.78, 5) is 42.2.